The van der Waals surface area contributed by atoms with E-state index >= 15 is 0 Å². The highest BCUT2D eigenvalue weighted by Gasteiger charge is 2.31. The van der Waals surface area contributed by atoms with Gasteiger partial charge in [0, 0.05) is 18.3 Å². The summed E-state index contributed by atoms with van der Waals surface area (Å²) < 4.78 is 26.5. The minimum atomic E-state index is -1.60. The van der Waals surface area contributed by atoms with Gasteiger partial charge in [-0.1, -0.05) is 6.07 Å². The van der Waals surface area contributed by atoms with Gasteiger partial charge in [0.15, 0.2) is 5.65 Å². The molecule has 2 aromatic heterocycles. The Hall–Kier alpha value is -3.47. The Morgan fingerprint density at radius 2 is 2.17 bits per heavy atom. The van der Waals surface area contributed by atoms with Crippen molar-refractivity contribution >= 4 is 39.6 Å². The Bertz CT molecular complexity index is 1350. The first-order valence-corrected chi connectivity index (χ1v) is 12.9. The largest absolute Gasteiger partial charge is 0.491 e. The fourth-order valence-electron chi connectivity index (χ4n) is 4.73. The van der Waals surface area contributed by atoms with Gasteiger partial charge in [0.2, 0.25) is 11.2 Å². The molecule has 35 heavy (non-hydrogen) atoms. The summed E-state index contributed by atoms with van der Waals surface area (Å²) in [6, 6.07) is 7.29. The highest BCUT2D eigenvalue weighted by molar-refractivity contribution is 7.85. The number of carbonyl (C=O) groups is 1. The summed E-state index contributed by atoms with van der Waals surface area (Å²) in [4.78, 5) is 20.4. The molecule has 0 radical (unpaired) electrons. The van der Waals surface area contributed by atoms with Crippen LogP contribution < -0.4 is 15.2 Å². The van der Waals surface area contributed by atoms with Crippen LogP contribution in [-0.4, -0.2) is 54.8 Å². The molecule has 0 saturated carbocycles. The maximum atomic E-state index is 13.8. The van der Waals surface area contributed by atoms with Gasteiger partial charge in [-0.05, 0) is 58.2 Å². The molecule has 11 heteroatoms. The van der Waals surface area contributed by atoms with E-state index in [9.17, 15) is 9.00 Å². The summed E-state index contributed by atoms with van der Waals surface area (Å²) in [5.74, 6) is 0.678. The maximum Gasteiger partial charge on any atom is 0.255 e. The molecule has 5 rings (SSSR count). The van der Waals surface area contributed by atoms with Crippen LogP contribution >= 0.6 is 0 Å². The van der Waals surface area contributed by atoms with E-state index in [1.807, 2.05) is 48.6 Å². The molecule has 2 aliphatic rings. The van der Waals surface area contributed by atoms with Crippen molar-refractivity contribution in [3.63, 3.8) is 0 Å². The Morgan fingerprint density at radius 1 is 1.34 bits per heavy atom. The van der Waals surface area contributed by atoms with Crippen molar-refractivity contribution in [1.82, 2.24) is 19.7 Å². The number of aryl methyl sites for hydroxylation is 1. The lowest BCUT2D eigenvalue weighted by molar-refractivity contribution is 0.0530. The number of pyridine rings is 1. The number of aromatic nitrogens is 3. The number of ether oxygens (including phenoxy) is 1. The van der Waals surface area contributed by atoms with Crippen LogP contribution in [0.1, 0.15) is 60.8 Å². The molecule has 0 spiro atoms. The Kier molecular flexibility index (Phi) is 6.18. The number of nitrogens with one attached hydrogen (secondary N) is 1. The lowest BCUT2D eigenvalue weighted by Gasteiger charge is -2.36. The number of likely N-dealkylation sites (tertiary alicyclic amines) is 1. The van der Waals surface area contributed by atoms with E-state index in [0.29, 0.717) is 35.7 Å². The minimum absolute atomic E-state index is 0.0367. The normalized spacial score (nSPS) is 19.9. The number of amidine groups is 1. The van der Waals surface area contributed by atoms with Crippen LogP contribution in [0.4, 0.5) is 5.69 Å². The van der Waals surface area contributed by atoms with Gasteiger partial charge in [0.1, 0.15) is 18.2 Å². The lowest BCUT2D eigenvalue weighted by atomic mass is 10.0. The first-order valence-electron chi connectivity index (χ1n) is 11.8. The third kappa shape index (κ3) is 4.36. The quantitative estimate of drug-likeness (QED) is 0.560. The Labute approximate surface area is 206 Å². The fraction of sp³-hybridized carbons (Fsp3) is 0.417. The van der Waals surface area contributed by atoms with E-state index in [0.717, 1.165) is 36.0 Å². The highest BCUT2D eigenvalue weighted by atomic mass is 32.2. The Balaban J connectivity index is 1.41. The molecule has 1 saturated heterocycles. The first-order chi connectivity index (χ1) is 16.8. The van der Waals surface area contributed by atoms with E-state index in [-0.39, 0.29) is 23.8 Å². The van der Waals surface area contributed by atoms with Crippen LogP contribution in [0.15, 0.2) is 34.9 Å². The molecule has 0 bridgehead atoms. The number of nitrogens with zero attached hydrogens (tertiary/aromatic N) is 5. The molecule has 3 aromatic rings. The van der Waals surface area contributed by atoms with Crippen LogP contribution in [0.5, 0.6) is 5.75 Å². The SMILES string of the molecule is Cc1cc(C(=O)N2CCCCC2COc2cccc3c2C(N)=NS(=O)N3)c2cnn(C(C)C)c2n1. The summed E-state index contributed by atoms with van der Waals surface area (Å²) in [6.07, 6.45) is 4.53. The molecule has 0 aliphatic carbocycles. The van der Waals surface area contributed by atoms with Gasteiger partial charge >= 0.3 is 0 Å². The predicted octanol–water partition coefficient (Wildman–Crippen LogP) is 3.10. The van der Waals surface area contributed by atoms with Crippen molar-refractivity contribution in [2.75, 3.05) is 17.9 Å². The number of benzene rings is 1. The molecule has 1 aromatic carbocycles. The van der Waals surface area contributed by atoms with Crippen LogP contribution in [0, 0.1) is 6.92 Å². The zero-order chi connectivity index (χ0) is 24.7. The summed E-state index contributed by atoms with van der Waals surface area (Å²) in [5, 5.41) is 5.24. The van der Waals surface area contributed by atoms with Gasteiger partial charge in [-0.15, -0.1) is 0 Å². The summed E-state index contributed by atoms with van der Waals surface area (Å²) in [5.41, 5.74) is 9.37. The van der Waals surface area contributed by atoms with E-state index in [2.05, 4.69) is 19.2 Å². The second kappa shape index (κ2) is 9.29. The molecule has 1 fully saturated rings. The monoisotopic (exact) mass is 495 g/mol. The number of amides is 1. The lowest BCUT2D eigenvalue weighted by Crippen LogP contribution is -2.46. The van der Waals surface area contributed by atoms with Crippen molar-refractivity contribution < 1.29 is 13.7 Å². The summed E-state index contributed by atoms with van der Waals surface area (Å²) in [6.45, 7) is 6.96. The zero-order valence-corrected chi connectivity index (χ0v) is 20.8. The first kappa shape index (κ1) is 23.3. The third-order valence-corrected chi connectivity index (χ3v) is 7.15. The van der Waals surface area contributed by atoms with Crippen LogP contribution in [0.2, 0.25) is 0 Å². The van der Waals surface area contributed by atoms with E-state index in [1.54, 1.807) is 12.3 Å². The molecule has 4 heterocycles. The number of anilines is 1. The molecule has 1 amide bonds. The topological polar surface area (TPSA) is 128 Å². The number of nitrogens with two attached hydrogens (primary N) is 1. The number of fused-ring (bicyclic) bond motifs is 2. The standard InChI is InChI=1S/C24H29N7O3S/c1-14(2)31-23-18(12-26-31)17(11-15(3)27-23)24(32)30-10-5-4-7-16(30)13-34-20-9-6-8-19-21(20)22(25)29-35(33)28-19/h6,8-9,11-12,14,16,28H,4-5,7,10,13H2,1-3H3,(H2,25,29). The average Bonchev–Trinajstić information content (AvgIpc) is 3.25. The van der Waals surface area contributed by atoms with Gasteiger partial charge in [0.25, 0.3) is 5.91 Å². The Morgan fingerprint density at radius 3 is 2.97 bits per heavy atom. The molecular weight excluding hydrogens is 466 g/mol. The average molecular weight is 496 g/mol. The zero-order valence-electron chi connectivity index (χ0n) is 20.0. The van der Waals surface area contributed by atoms with Gasteiger partial charge in [-0.3, -0.25) is 9.52 Å². The van der Waals surface area contributed by atoms with Crippen LogP contribution in [0.3, 0.4) is 0 Å². The smallest absolute Gasteiger partial charge is 0.255 e. The van der Waals surface area contributed by atoms with E-state index < -0.39 is 11.2 Å². The van der Waals surface area contributed by atoms with Crippen LogP contribution in [-0.2, 0) is 11.2 Å². The predicted molar refractivity (Wildman–Crippen MR) is 136 cm³/mol. The number of piperidine rings is 1. The highest BCUT2D eigenvalue weighted by Crippen LogP contribution is 2.31. The van der Waals surface area contributed by atoms with Gasteiger partial charge in [0.05, 0.1) is 34.4 Å². The molecule has 184 valence electrons. The summed E-state index contributed by atoms with van der Waals surface area (Å²) >= 11 is -1.60. The van der Waals surface area contributed by atoms with E-state index in [4.69, 9.17) is 10.5 Å². The number of hydrogen-bond acceptors (Lipinski definition) is 6. The van der Waals surface area contributed by atoms with Gasteiger partial charge in [-0.2, -0.15) is 9.50 Å². The maximum absolute atomic E-state index is 13.8. The fourth-order valence-corrected chi connectivity index (χ4v) is 5.41. The second-order valence-corrected chi connectivity index (χ2v) is 10.1. The van der Waals surface area contributed by atoms with Crippen molar-refractivity contribution in [2.24, 2.45) is 10.1 Å². The second-order valence-electron chi connectivity index (χ2n) is 9.20. The molecule has 3 N–H and O–H groups in total. The number of rotatable bonds is 5. The minimum Gasteiger partial charge on any atom is -0.491 e. The van der Waals surface area contributed by atoms with Crippen molar-refractivity contribution in [3.8, 4) is 5.75 Å². The van der Waals surface area contributed by atoms with Crippen molar-refractivity contribution in [1.29, 1.82) is 0 Å². The number of hydrogen-bond donors (Lipinski definition) is 2. The molecule has 2 unspecified atom stereocenters. The molecule has 2 atom stereocenters. The van der Waals surface area contributed by atoms with Gasteiger partial charge in [-0.25, -0.2) is 13.9 Å². The van der Waals surface area contributed by atoms with Gasteiger partial charge < -0.3 is 15.4 Å². The summed E-state index contributed by atoms with van der Waals surface area (Å²) in [7, 11) is 0. The van der Waals surface area contributed by atoms with E-state index in [1.165, 1.54) is 0 Å². The third-order valence-electron chi connectivity index (χ3n) is 6.39. The molecular formula is C24H29N7O3S. The number of carbonyl (C=O) groups excluding carboxylic acids is 1. The van der Waals surface area contributed by atoms with Crippen molar-refractivity contribution in [2.45, 2.75) is 52.1 Å². The van der Waals surface area contributed by atoms with Crippen molar-refractivity contribution in [3.05, 3.63) is 47.3 Å². The molecule has 10 nitrogen and oxygen atoms in total. The molecule has 2 aliphatic heterocycles. The van der Waals surface area contributed by atoms with Crippen LogP contribution in [0.25, 0.3) is 11.0 Å².